The third-order valence-electron chi connectivity index (χ3n) is 4.21. The van der Waals surface area contributed by atoms with Gasteiger partial charge in [-0.1, -0.05) is 12.1 Å². The summed E-state index contributed by atoms with van der Waals surface area (Å²) < 4.78 is 23.6. The fraction of sp³-hybridized carbons (Fsp3) is 0.300. The van der Waals surface area contributed by atoms with E-state index in [0.717, 1.165) is 11.4 Å². The maximum atomic E-state index is 12.9. The van der Waals surface area contributed by atoms with Gasteiger partial charge in [0.05, 0.1) is 12.5 Å². The van der Waals surface area contributed by atoms with Crippen molar-refractivity contribution >= 4 is 17.6 Å². The summed E-state index contributed by atoms with van der Waals surface area (Å²) in [5, 5.41) is 0. The second-order valence-corrected chi connectivity index (χ2v) is 6.07. The number of anilines is 1. The fourth-order valence-electron chi connectivity index (χ4n) is 2.86. The van der Waals surface area contributed by atoms with Crippen molar-refractivity contribution in [2.45, 2.75) is 20.0 Å². The highest BCUT2D eigenvalue weighted by atomic mass is 19.1. The van der Waals surface area contributed by atoms with E-state index in [2.05, 4.69) is 0 Å². The van der Waals surface area contributed by atoms with Gasteiger partial charge in [-0.25, -0.2) is 4.39 Å². The van der Waals surface area contributed by atoms with Crippen LogP contribution in [0.2, 0.25) is 0 Å². The zero-order chi connectivity index (χ0) is 18.5. The molecular weight excluding hydrogens is 337 g/mol. The van der Waals surface area contributed by atoms with Gasteiger partial charge in [0.15, 0.2) is 0 Å². The van der Waals surface area contributed by atoms with Gasteiger partial charge in [0, 0.05) is 18.7 Å². The van der Waals surface area contributed by atoms with E-state index >= 15 is 0 Å². The Balaban J connectivity index is 1.57. The molecule has 0 unspecified atom stereocenters. The third kappa shape index (κ3) is 4.20. The maximum Gasteiger partial charge on any atom is 0.311 e. The topological polar surface area (TPSA) is 55.8 Å². The largest absolute Gasteiger partial charge is 0.494 e. The number of rotatable bonds is 6. The minimum Gasteiger partial charge on any atom is -0.494 e. The van der Waals surface area contributed by atoms with Gasteiger partial charge in [-0.05, 0) is 48.9 Å². The van der Waals surface area contributed by atoms with Gasteiger partial charge in [-0.3, -0.25) is 9.59 Å². The Bertz CT molecular complexity index is 773. The lowest BCUT2D eigenvalue weighted by Crippen LogP contribution is -2.26. The Morgan fingerprint density at radius 3 is 2.50 bits per heavy atom. The van der Waals surface area contributed by atoms with E-state index in [9.17, 15) is 14.0 Å². The Morgan fingerprint density at radius 2 is 1.85 bits per heavy atom. The highest BCUT2D eigenvalue weighted by Gasteiger charge is 2.36. The SMILES string of the molecule is CCOc1ccc(N2C[C@@H](C(=O)OCc3ccc(F)cc3)CC2=O)cc1. The summed E-state index contributed by atoms with van der Waals surface area (Å²) >= 11 is 0. The molecule has 0 aliphatic carbocycles. The molecule has 136 valence electrons. The molecule has 1 heterocycles. The molecule has 26 heavy (non-hydrogen) atoms. The van der Waals surface area contributed by atoms with Crippen LogP contribution in [0.1, 0.15) is 18.9 Å². The van der Waals surface area contributed by atoms with Crippen LogP contribution in [0.15, 0.2) is 48.5 Å². The van der Waals surface area contributed by atoms with Crippen molar-refractivity contribution in [2.75, 3.05) is 18.1 Å². The number of amides is 1. The van der Waals surface area contributed by atoms with E-state index in [-0.39, 0.29) is 31.3 Å². The number of carbonyl (C=O) groups is 2. The molecule has 1 amide bonds. The van der Waals surface area contributed by atoms with Crippen molar-refractivity contribution < 1.29 is 23.5 Å². The maximum absolute atomic E-state index is 12.9. The fourth-order valence-corrected chi connectivity index (χ4v) is 2.86. The molecule has 0 N–H and O–H groups in total. The predicted molar refractivity (Wildman–Crippen MR) is 94.3 cm³/mol. The van der Waals surface area contributed by atoms with Gasteiger partial charge >= 0.3 is 5.97 Å². The van der Waals surface area contributed by atoms with Crippen LogP contribution in [0.3, 0.4) is 0 Å². The van der Waals surface area contributed by atoms with Crippen LogP contribution in [0.4, 0.5) is 10.1 Å². The summed E-state index contributed by atoms with van der Waals surface area (Å²) in [5.41, 5.74) is 1.43. The predicted octanol–water partition coefficient (Wildman–Crippen LogP) is 3.32. The number of esters is 1. The molecule has 2 aromatic rings. The van der Waals surface area contributed by atoms with Gasteiger partial charge in [0.2, 0.25) is 5.91 Å². The second-order valence-electron chi connectivity index (χ2n) is 6.07. The lowest BCUT2D eigenvalue weighted by molar-refractivity contribution is -0.149. The van der Waals surface area contributed by atoms with E-state index in [4.69, 9.17) is 9.47 Å². The monoisotopic (exact) mass is 357 g/mol. The number of carbonyl (C=O) groups excluding carboxylic acids is 2. The highest BCUT2D eigenvalue weighted by molar-refractivity contribution is 5.99. The van der Waals surface area contributed by atoms with Gasteiger partial charge < -0.3 is 14.4 Å². The molecule has 0 spiro atoms. The average Bonchev–Trinajstić information content (AvgIpc) is 3.04. The van der Waals surface area contributed by atoms with Crippen LogP contribution in [0, 0.1) is 11.7 Å². The quantitative estimate of drug-likeness (QED) is 0.744. The molecular formula is C20H20FNO4. The standard InChI is InChI=1S/C20H20FNO4/c1-2-25-18-9-7-17(8-10-18)22-12-15(11-19(22)23)20(24)26-13-14-3-5-16(21)6-4-14/h3-10,15H,2,11-13H2,1H3/t15-/m0/s1. The first kappa shape index (κ1) is 17.9. The second kappa shape index (κ2) is 7.99. The van der Waals surface area contributed by atoms with Gasteiger partial charge in [0.1, 0.15) is 18.2 Å². The molecule has 3 rings (SSSR count). The van der Waals surface area contributed by atoms with E-state index in [0.29, 0.717) is 12.2 Å². The van der Waals surface area contributed by atoms with Crippen LogP contribution in [0.5, 0.6) is 5.75 Å². The molecule has 0 saturated carbocycles. The Hall–Kier alpha value is -2.89. The van der Waals surface area contributed by atoms with Gasteiger partial charge in [0.25, 0.3) is 0 Å². The molecule has 1 saturated heterocycles. The lowest BCUT2D eigenvalue weighted by atomic mass is 10.1. The zero-order valence-electron chi connectivity index (χ0n) is 14.5. The minimum atomic E-state index is -0.505. The first-order valence-electron chi connectivity index (χ1n) is 8.51. The summed E-state index contributed by atoms with van der Waals surface area (Å²) in [7, 11) is 0. The van der Waals surface area contributed by atoms with Crippen LogP contribution in [-0.2, 0) is 20.9 Å². The number of nitrogens with zero attached hydrogens (tertiary/aromatic N) is 1. The molecule has 0 bridgehead atoms. The van der Waals surface area contributed by atoms with E-state index in [1.54, 1.807) is 41.3 Å². The zero-order valence-corrected chi connectivity index (χ0v) is 14.5. The van der Waals surface area contributed by atoms with E-state index in [1.165, 1.54) is 12.1 Å². The number of hydrogen-bond acceptors (Lipinski definition) is 4. The summed E-state index contributed by atoms with van der Waals surface area (Å²) in [6, 6.07) is 13.0. The summed E-state index contributed by atoms with van der Waals surface area (Å²) in [6.45, 7) is 2.83. The van der Waals surface area contributed by atoms with Crippen LogP contribution in [-0.4, -0.2) is 25.0 Å². The van der Waals surface area contributed by atoms with Crippen molar-refractivity contribution in [2.24, 2.45) is 5.92 Å². The molecule has 2 aromatic carbocycles. The average molecular weight is 357 g/mol. The molecule has 1 aliphatic rings. The number of hydrogen-bond donors (Lipinski definition) is 0. The van der Waals surface area contributed by atoms with Gasteiger partial charge in [-0.2, -0.15) is 0 Å². The molecule has 6 heteroatoms. The van der Waals surface area contributed by atoms with Crippen molar-refractivity contribution in [3.63, 3.8) is 0 Å². The minimum absolute atomic E-state index is 0.0624. The first-order chi connectivity index (χ1) is 12.6. The van der Waals surface area contributed by atoms with E-state index in [1.807, 2.05) is 6.92 Å². The Kier molecular flexibility index (Phi) is 5.51. The summed E-state index contributed by atoms with van der Waals surface area (Å²) in [5.74, 6) is -0.644. The van der Waals surface area contributed by atoms with E-state index < -0.39 is 11.9 Å². The van der Waals surface area contributed by atoms with Crippen molar-refractivity contribution in [3.05, 3.63) is 59.9 Å². The van der Waals surface area contributed by atoms with Crippen LogP contribution in [0.25, 0.3) is 0 Å². The molecule has 1 aliphatic heterocycles. The highest BCUT2D eigenvalue weighted by Crippen LogP contribution is 2.27. The smallest absolute Gasteiger partial charge is 0.311 e. The Morgan fingerprint density at radius 1 is 1.15 bits per heavy atom. The number of halogens is 1. The number of benzene rings is 2. The van der Waals surface area contributed by atoms with Crippen molar-refractivity contribution in [1.82, 2.24) is 0 Å². The summed E-state index contributed by atoms with van der Waals surface area (Å²) in [6.07, 6.45) is 0.120. The molecule has 0 radical (unpaired) electrons. The van der Waals surface area contributed by atoms with Crippen molar-refractivity contribution in [3.8, 4) is 5.75 Å². The molecule has 5 nitrogen and oxygen atoms in total. The molecule has 1 atom stereocenters. The lowest BCUT2D eigenvalue weighted by Gasteiger charge is -2.17. The van der Waals surface area contributed by atoms with Crippen LogP contribution >= 0.6 is 0 Å². The number of ether oxygens (including phenoxy) is 2. The Labute approximate surface area is 151 Å². The normalized spacial score (nSPS) is 16.6. The molecule has 0 aromatic heterocycles. The summed E-state index contributed by atoms with van der Waals surface area (Å²) in [4.78, 5) is 26.1. The first-order valence-corrected chi connectivity index (χ1v) is 8.51. The molecule has 1 fully saturated rings. The van der Waals surface area contributed by atoms with Crippen LogP contribution < -0.4 is 9.64 Å². The van der Waals surface area contributed by atoms with Gasteiger partial charge in [-0.15, -0.1) is 0 Å². The van der Waals surface area contributed by atoms with Crippen molar-refractivity contribution in [1.29, 1.82) is 0 Å². The third-order valence-corrected chi connectivity index (χ3v) is 4.21.